The summed E-state index contributed by atoms with van der Waals surface area (Å²) in [5, 5.41) is 23.6. The first-order valence-electron chi connectivity index (χ1n) is 16.8. The third-order valence-corrected chi connectivity index (χ3v) is 7.89. The van der Waals surface area contributed by atoms with Crippen LogP contribution in [0.2, 0.25) is 0 Å². The van der Waals surface area contributed by atoms with Gasteiger partial charge in [-0.3, -0.25) is 13.8 Å². The van der Waals surface area contributed by atoms with Gasteiger partial charge in [0.2, 0.25) is 5.91 Å². The highest BCUT2D eigenvalue weighted by molar-refractivity contribution is 7.47. The molecule has 0 radical (unpaired) electrons. The van der Waals surface area contributed by atoms with Gasteiger partial charge < -0.3 is 26.2 Å². The fourth-order valence-electron chi connectivity index (χ4n) is 4.32. The standard InChI is InChI=1S/C34H63N2O7P/c1-3-5-7-9-11-12-13-14-15-16-17-18-20-22-24-26-33(38)32(30-43-44(40,41)42-28-27-35)36-34(39)29-31(37)25-23-21-19-10-8-6-4-2/h13-14,17-18,21,23-24,26,31-33,37-38H,3-12,15-16,19-20,22,25,27-30,35H2,1-2H3,(H,36,39)(H,40,41)/b14-13+,18-17+,23-21-,26-24+. The molecule has 0 aliphatic heterocycles. The zero-order valence-electron chi connectivity index (χ0n) is 27.5. The lowest BCUT2D eigenvalue weighted by Crippen LogP contribution is -2.46. The minimum absolute atomic E-state index is 0.0366. The van der Waals surface area contributed by atoms with Gasteiger partial charge in [-0.2, -0.15) is 0 Å². The molecule has 0 aromatic carbocycles. The van der Waals surface area contributed by atoms with Gasteiger partial charge in [0.25, 0.3) is 0 Å². The number of rotatable bonds is 30. The quantitative estimate of drug-likeness (QED) is 0.0314. The van der Waals surface area contributed by atoms with Crippen molar-refractivity contribution in [3.05, 3.63) is 48.6 Å². The number of hydrogen-bond acceptors (Lipinski definition) is 7. The number of aliphatic hydroxyl groups is 2. The minimum Gasteiger partial charge on any atom is -0.392 e. The molecule has 4 unspecified atom stereocenters. The molecule has 9 nitrogen and oxygen atoms in total. The van der Waals surface area contributed by atoms with Crippen molar-refractivity contribution in [1.29, 1.82) is 0 Å². The Labute approximate surface area is 267 Å². The molecular weight excluding hydrogens is 579 g/mol. The number of carbonyl (C=O) groups excluding carboxylic acids is 1. The molecular formula is C34H63N2O7P. The van der Waals surface area contributed by atoms with Gasteiger partial charge in [0.1, 0.15) is 0 Å². The highest BCUT2D eigenvalue weighted by atomic mass is 31.2. The molecule has 44 heavy (non-hydrogen) atoms. The van der Waals surface area contributed by atoms with Crippen molar-refractivity contribution >= 4 is 13.7 Å². The summed E-state index contributed by atoms with van der Waals surface area (Å²) in [6.07, 6.45) is 30.9. The van der Waals surface area contributed by atoms with Gasteiger partial charge in [-0.15, -0.1) is 0 Å². The summed E-state index contributed by atoms with van der Waals surface area (Å²) in [5.74, 6) is -0.501. The van der Waals surface area contributed by atoms with Gasteiger partial charge in [-0.05, 0) is 57.8 Å². The van der Waals surface area contributed by atoms with Gasteiger partial charge in [0.15, 0.2) is 0 Å². The normalized spacial score (nSPS) is 15.9. The van der Waals surface area contributed by atoms with E-state index < -0.39 is 38.6 Å². The SMILES string of the molecule is CCCCCC/C=C\CC(O)CC(=O)NC(COP(=O)(O)OCCN)C(O)/C=C/CC/C=C/CC/C=C/CCCCCCC. The Morgan fingerprint density at radius 3 is 1.89 bits per heavy atom. The van der Waals surface area contributed by atoms with Gasteiger partial charge in [-0.25, -0.2) is 4.57 Å². The fourth-order valence-corrected chi connectivity index (χ4v) is 5.08. The van der Waals surface area contributed by atoms with E-state index in [9.17, 15) is 24.5 Å². The summed E-state index contributed by atoms with van der Waals surface area (Å²) in [5.41, 5.74) is 5.32. The number of amides is 1. The summed E-state index contributed by atoms with van der Waals surface area (Å²) in [4.78, 5) is 22.5. The number of phosphoric ester groups is 1. The predicted molar refractivity (Wildman–Crippen MR) is 181 cm³/mol. The molecule has 0 aliphatic rings. The maximum Gasteiger partial charge on any atom is 0.472 e. The van der Waals surface area contributed by atoms with Crippen molar-refractivity contribution in [2.75, 3.05) is 19.8 Å². The van der Waals surface area contributed by atoms with Gasteiger partial charge in [0, 0.05) is 6.54 Å². The van der Waals surface area contributed by atoms with Crippen LogP contribution in [0.1, 0.15) is 123 Å². The van der Waals surface area contributed by atoms with E-state index in [2.05, 4.69) is 43.5 Å². The Balaban J connectivity index is 4.66. The van der Waals surface area contributed by atoms with Crippen LogP contribution in [0.3, 0.4) is 0 Å². The maximum atomic E-state index is 12.6. The average molecular weight is 643 g/mol. The number of hydrogen-bond donors (Lipinski definition) is 5. The summed E-state index contributed by atoms with van der Waals surface area (Å²) in [7, 11) is -4.40. The van der Waals surface area contributed by atoms with Crippen LogP contribution in [0.15, 0.2) is 48.6 Å². The molecule has 0 spiro atoms. The largest absolute Gasteiger partial charge is 0.472 e. The molecule has 0 fully saturated rings. The Hall–Kier alpha value is -1.58. The average Bonchev–Trinajstić information content (AvgIpc) is 2.99. The van der Waals surface area contributed by atoms with E-state index in [1.807, 2.05) is 12.2 Å². The van der Waals surface area contributed by atoms with E-state index in [0.29, 0.717) is 12.8 Å². The van der Waals surface area contributed by atoms with Crippen molar-refractivity contribution in [3.63, 3.8) is 0 Å². The molecule has 6 N–H and O–H groups in total. The molecule has 4 atom stereocenters. The second-order valence-electron chi connectivity index (χ2n) is 11.2. The second kappa shape index (κ2) is 30.1. The van der Waals surface area contributed by atoms with Crippen molar-refractivity contribution in [2.45, 2.75) is 141 Å². The summed E-state index contributed by atoms with van der Waals surface area (Å²) in [6.45, 7) is 3.80. The molecule has 256 valence electrons. The molecule has 0 saturated heterocycles. The Morgan fingerprint density at radius 1 is 0.773 bits per heavy atom. The molecule has 0 saturated carbocycles. The summed E-state index contributed by atoms with van der Waals surface area (Å²) in [6, 6.07) is -1.02. The first-order chi connectivity index (χ1) is 21.3. The predicted octanol–water partition coefficient (Wildman–Crippen LogP) is 7.18. The first-order valence-corrected chi connectivity index (χ1v) is 18.3. The third-order valence-electron chi connectivity index (χ3n) is 6.91. The third kappa shape index (κ3) is 27.9. The van der Waals surface area contributed by atoms with Crippen LogP contribution in [0.5, 0.6) is 0 Å². The van der Waals surface area contributed by atoms with Crippen molar-refractivity contribution < 1.29 is 33.5 Å². The Kier molecular flexibility index (Phi) is 29.0. The van der Waals surface area contributed by atoms with Crippen LogP contribution in [-0.2, 0) is 18.4 Å². The number of aliphatic hydroxyl groups excluding tert-OH is 2. The van der Waals surface area contributed by atoms with Crippen molar-refractivity contribution in [1.82, 2.24) is 5.32 Å². The lowest BCUT2D eigenvalue weighted by atomic mass is 10.1. The molecule has 0 aromatic heterocycles. The van der Waals surface area contributed by atoms with E-state index in [4.69, 9.17) is 14.8 Å². The highest BCUT2D eigenvalue weighted by Crippen LogP contribution is 2.43. The smallest absolute Gasteiger partial charge is 0.392 e. The maximum absolute atomic E-state index is 12.6. The minimum atomic E-state index is -4.40. The van der Waals surface area contributed by atoms with Crippen LogP contribution >= 0.6 is 7.82 Å². The molecule has 0 aliphatic carbocycles. The van der Waals surface area contributed by atoms with Crippen LogP contribution in [0.4, 0.5) is 0 Å². The lowest BCUT2D eigenvalue weighted by Gasteiger charge is -2.23. The van der Waals surface area contributed by atoms with Gasteiger partial charge >= 0.3 is 7.82 Å². The van der Waals surface area contributed by atoms with Crippen molar-refractivity contribution in [2.24, 2.45) is 5.73 Å². The van der Waals surface area contributed by atoms with Crippen LogP contribution in [0.25, 0.3) is 0 Å². The lowest BCUT2D eigenvalue weighted by molar-refractivity contribution is -0.124. The van der Waals surface area contributed by atoms with Crippen LogP contribution in [-0.4, -0.2) is 59.0 Å². The summed E-state index contributed by atoms with van der Waals surface area (Å²) < 4.78 is 21.8. The summed E-state index contributed by atoms with van der Waals surface area (Å²) >= 11 is 0. The number of nitrogens with one attached hydrogen (secondary N) is 1. The number of nitrogens with two attached hydrogens (primary N) is 1. The number of allylic oxidation sites excluding steroid dienone is 6. The molecule has 0 rings (SSSR count). The fraction of sp³-hybridized carbons (Fsp3) is 0.735. The zero-order chi connectivity index (χ0) is 32.7. The first kappa shape index (κ1) is 42.4. The van der Waals surface area contributed by atoms with Crippen molar-refractivity contribution in [3.8, 4) is 0 Å². The van der Waals surface area contributed by atoms with Crippen LogP contribution in [0, 0.1) is 0 Å². The number of phosphoric acid groups is 1. The highest BCUT2D eigenvalue weighted by Gasteiger charge is 2.27. The zero-order valence-corrected chi connectivity index (χ0v) is 28.4. The van der Waals surface area contributed by atoms with E-state index in [-0.39, 0.29) is 19.6 Å². The Morgan fingerprint density at radius 2 is 1.30 bits per heavy atom. The molecule has 0 aromatic rings. The topological polar surface area (TPSA) is 151 Å². The van der Waals surface area contributed by atoms with E-state index >= 15 is 0 Å². The Bertz CT molecular complexity index is 847. The van der Waals surface area contributed by atoms with Gasteiger partial charge in [-0.1, -0.05) is 107 Å². The van der Waals surface area contributed by atoms with Crippen LogP contribution < -0.4 is 11.1 Å². The molecule has 0 bridgehead atoms. The van der Waals surface area contributed by atoms with E-state index in [0.717, 1.165) is 38.5 Å². The monoisotopic (exact) mass is 642 g/mol. The number of carbonyl (C=O) groups is 1. The second-order valence-corrected chi connectivity index (χ2v) is 12.6. The number of unbranched alkanes of at least 4 members (excludes halogenated alkanes) is 11. The van der Waals surface area contributed by atoms with E-state index in [1.165, 1.54) is 57.4 Å². The molecule has 10 heteroatoms. The van der Waals surface area contributed by atoms with E-state index in [1.54, 1.807) is 6.08 Å². The molecule has 0 heterocycles. The molecule has 1 amide bonds. The van der Waals surface area contributed by atoms with Gasteiger partial charge in [0.05, 0.1) is 37.9 Å².